The number of rotatable bonds is 4. The van der Waals surface area contributed by atoms with Crippen LogP contribution < -0.4 is 0 Å². The first-order valence-corrected chi connectivity index (χ1v) is 11.1. The molecular formula is C27H19N7. The summed E-state index contributed by atoms with van der Waals surface area (Å²) >= 11 is 0. The average molecular weight is 441 g/mol. The molecule has 0 fully saturated rings. The zero-order valence-electron chi connectivity index (χ0n) is 18.1. The van der Waals surface area contributed by atoms with Crippen molar-refractivity contribution in [2.24, 2.45) is 0 Å². The van der Waals surface area contributed by atoms with Gasteiger partial charge in [-0.2, -0.15) is 5.10 Å². The average Bonchev–Trinajstić information content (AvgIpc) is 3.63. The maximum atomic E-state index is 4.95. The van der Waals surface area contributed by atoms with Crippen molar-refractivity contribution in [1.29, 1.82) is 0 Å². The van der Waals surface area contributed by atoms with E-state index in [1.807, 2.05) is 47.7 Å². The Labute approximate surface area is 194 Å². The van der Waals surface area contributed by atoms with Crippen molar-refractivity contribution in [2.75, 3.05) is 0 Å². The molecule has 0 bridgehead atoms. The SMILES string of the molecule is c1ccc2c(-c3ccc4[nH]nc(-c5nc6c(Cn7ccnc7)cccc6[nH]5)c4c3)cncc2c1. The highest BCUT2D eigenvalue weighted by Crippen LogP contribution is 2.33. The highest BCUT2D eigenvalue weighted by molar-refractivity contribution is 6.00. The second kappa shape index (κ2) is 7.38. The van der Waals surface area contributed by atoms with Crippen LogP contribution in [0.1, 0.15) is 5.56 Å². The first kappa shape index (κ1) is 18.8. The zero-order valence-corrected chi connectivity index (χ0v) is 18.1. The van der Waals surface area contributed by atoms with Gasteiger partial charge in [-0.1, -0.05) is 42.5 Å². The van der Waals surface area contributed by atoms with Gasteiger partial charge in [-0.05, 0) is 34.7 Å². The van der Waals surface area contributed by atoms with E-state index in [2.05, 4.69) is 67.6 Å². The highest BCUT2D eigenvalue weighted by Gasteiger charge is 2.16. The summed E-state index contributed by atoms with van der Waals surface area (Å²) in [7, 11) is 0. The van der Waals surface area contributed by atoms with Crippen LogP contribution in [0.25, 0.3) is 55.4 Å². The summed E-state index contributed by atoms with van der Waals surface area (Å²) < 4.78 is 2.04. The number of aromatic nitrogens is 7. The summed E-state index contributed by atoms with van der Waals surface area (Å²) in [6, 6.07) is 20.8. The summed E-state index contributed by atoms with van der Waals surface area (Å²) in [4.78, 5) is 17.0. The number of hydrogen-bond acceptors (Lipinski definition) is 4. The van der Waals surface area contributed by atoms with E-state index < -0.39 is 0 Å². The number of para-hydroxylation sites is 1. The second-order valence-electron chi connectivity index (χ2n) is 8.37. The van der Waals surface area contributed by atoms with Crippen LogP contribution in [0.4, 0.5) is 0 Å². The number of fused-ring (bicyclic) bond motifs is 3. The van der Waals surface area contributed by atoms with Crippen LogP contribution in [0, 0.1) is 0 Å². The zero-order chi connectivity index (χ0) is 22.5. The molecule has 7 heteroatoms. The van der Waals surface area contributed by atoms with Crippen LogP contribution in [0.5, 0.6) is 0 Å². The van der Waals surface area contributed by atoms with Crippen LogP contribution in [0.2, 0.25) is 0 Å². The van der Waals surface area contributed by atoms with E-state index in [4.69, 9.17) is 4.98 Å². The lowest BCUT2D eigenvalue weighted by Crippen LogP contribution is -1.97. The maximum absolute atomic E-state index is 4.95. The van der Waals surface area contributed by atoms with E-state index in [1.54, 1.807) is 6.20 Å². The number of hydrogen-bond donors (Lipinski definition) is 2. The number of pyridine rings is 1. The van der Waals surface area contributed by atoms with Crippen LogP contribution in [-0.4, -0.2) is 34.7 Å². The monoisotopic (exact) mass is 441 g/mol. The quantitative estimate of drug-likeness (QED) is 0.374. The summed E-state index contributed by atoms with van der Waals surface area (Å²) in [5, 5.41) is 11.1. The minimum Gasteiger partial charge on any atom is -0.337 e. The molecule has 7 nitrogen and oxygen atoms in total. The molecule has 3 aromatic carbocycles. The predicted octanol–water partition coefficient (Wildman–Crippen LogP) is 5.57. The van der Waals surface area contributed by atoms with Crippen molar-refractivity contribution in [2.45, 2.75) is 6.54 Å². The van der Waals surface area contributed by atoms with Gasteiger partial charge in [0, 0.05) is 41.1 Å². The second-order valence-corrected chi connectivity index (χ2v) is 8.37. The topological polar surface area (TPSA) is 88.1 Å². The fraction of sp³-hybridized carbons (Fsp3) is 0.0370. The van der Waals surface area contributed by atoms with E-state index in [0.717, 1.165) is 55.5 Å². The molecule has 0 saturated carbocycles. The van der Waals surface area contributed by atoms with E-state index in [0.29, 0.717) is 6.54 Å². The normalized spacial score (nSPS) is 11.6. The molecule has 0 aliphatic carbocycles. The minimum atomic E-state index is 0.710. The van der Waals surface area contributed by atoms with E-state index in [-0.39, 0.29) is 0 Å². The molecule has 0 atom stereocenters. The lowest BCUT2D eigenvalue weighted by Gasteiger charge is -2.06. The minimum absolute atomic E-state index is 0.710. The lowest BCUT2D eigenvalue weighted by atomic mass is 9.99. The van der Waals surface area contributed by atoms with Gasteiger partial charge in [-0.25, -0.2) is 9.97 Å². The number of aromatic amines is 2. The largest absolute Gasteiger partial charge is 0.337 e. The van der Waals surface area contributed by atoms with Crippen molar-refractivity contribution < 1.29 is 0 Å². The van der Waals surface area contributed by atoms with Crippen LogP contribution in [0.3, 0.4) is 0 Å². The highest BCUT2D eigenvalue weighted by atomic mass is 15.1. The van der Waals surface area contributed by atoms with Gasteiger partial charge in [0.05, 0.1) is 29.4 Å². The fourth-order valence-electron chi connectivity index (χ4n) is 4.62. The molecule has 0 aliphatic heterocycles. The number of nitrogens with zero attached hydrogens (tertiary/aromatic N) is 5. The molecule has 0 spiro atoms. The Kier molecular flexibility index (Phi) is 4.07. The standard InChI is InChI=1S/C27H19N7/c1-2-6-20-18(4-1)13-29-14-22(20)17-8-9-23-21(12-17)26(33-32-23)27-30-24-7-3-5-19(25(24)31-27)15-34-11-10-28-16-34/h1-14,16H,15H2,(H,30,31)(H,32,33). The summed E-state index contributed by atoms with van der Waals surface area (Å²) in [5.41, 5.74) is 7.01. The molecule has 162 valence electrons. The van der Waals surface area contributed by atoms with Crippen molar-refractivity contribution >= 4 is 32.7 Å². The number of benzene rings is 3. The first-order valence-electron chi connectivity index (χ1n) is 11.1. The van der Waals surface area contributed by atoms with Crippen molar-refractivity contribution in [3.8, 4) is 22.6 Å². The molecule has 0 radical (unpaired) electrons. The third-order valence-corrected chi connectivity index (χ3v) is 6.27. The van der Waals surface area contributed by atoms with E-state index in [9.17, 15) is 0 Å². The van der Waals surface area contributed by atoms with Crippen LogP contribution in [-0.2, 0) is 6.54 Å². The lowest BCUT2D eigenvalue weighted by molar-refractivity contribution is 0.801. The Balaban J connectivity index is 1.36. The Morgan fingerprint density at radius 1 is 0.853 bits per heavy atom. The van der Waals surface area contributed by atoms with E-state index >= 15 is 0 Å². The van der Waals surface area contributed by atoms with Gasteiger partial charge in [-0.3, -0.25) is 10.1 Å². The predicted molar refractivity (Wildman–Crippen MR) is 133 cm³/mol. The Morgan fingerprint density at radius 3 is 2.76 bits per heavy atom. The molecule has 7 rings (SSSR count). The number of nitrogens with one attached hydrogen (secondary N) is 2. The Morgan fingerprint density at radius 2 is 1.82 bits per heavy atom. The Bertz CT molecular complexity index is 1790. The molecule has 0 amide bonds. The van der Waals surface area contributed by atoms with Gasteiger partial charge in [0.2, 0.25) is 0 Å². The molecule has 0 saturated heterocycles. The summed E-state index contributed by atoms with van der Waals surface area (Å²) in [5.74, 6) is 0.743. The van der Waals surface area contributed by atoms with Crippen molar-refractivity contribution in [3.05, 3.63) is 97.3 Å². The van der Waals surface area contributed by atoms with E-state index in [1.165, 1.54) is 5.39 Å². The number of H-pyrrole nitrogens is 2. The molecule has 2 N–H and O–H groups in total. The van der Waals surface area contributed by atoms with Crippen LogP contribution in [0.15, 0.2) is 91.8 Å². The van der Waals surface area contributed by atoms with Gasteiger partial charge in [0.1, 0.15) is 5.69 Å². The maximum Gasteiger partial charge on any atom is 0.159 e. The van der Waals surface area contributed by atoms with Gasteiger partial charge in [0.15, 0.2) is 5.82 Å². The van der Waals surface area contributed by atoms with Crippen LogP contribution >= 0.6 is 0 Å². The third kappa shape index (κ3) is 2.98. The molecule has 4 heterocycles. The van der Waals surface area contributed by atoms with Gasteiger partial charge >= 0.3 is 0 Å². The smallest absolute Gasteiger partial charge is 0.159 e. The van der Waals surface area contributed by atoms with Crippen molar-refractivity contribution in [3.63, 3.8) is 0 Å². The Hall–Kier alpha value is -4.78. The summed E-state index contributed by atoms with van der Waals surface area (Å²) in [6.45, 7) is 0.710. The van der Waals surface area contributed by atoms with Gasteiger partial charge in [-0.15, -0.1) is 0 Å². The fourth-order valence-corrected chi connectivity index (χ4v) is 4.62. The molecule has 7 aromatic rings. The third-order valence-electron chi connectivity index (χ3n) is 6.27. The first-order chi connectivity index (χ1) is 16.8. The van der Waals surface area contributed by atoms with Crippen molar-refractivity contribution in [1.82, 2.24) is 34.7 Å². The molecule has 4 aromatic heterocycles. The molecule has 0 unspecified atom stereocenters. The van der Waals surface area contributed by atoms with Gasteiger partial charge < -0.3 is 9.55 Å². The molecule has 34 heavy (non-hydrogen) atoms. The van der Waals surface area contributed by atoms with Gasteiger partial charge in [0.25, 0.3) is 0 Å². The molecule has 0 aliphatic rings. The number of imidazole rings is 2. The summed E-state index contributed by atoms with van der Waals surface area (Å²) in [6.07, 6.45) is 9.38. The molecular weight excluding hydrogens is 422 g/mol.